The summed E-state index contributed by atoms with van der Waals surface area (Å²) in [6.45, 7) is 2.35. The van der Waals surface area contributed by atoms with E-state index in [2.05, 4.69) is 10.4 Å². The van der Waals surface area contributed by atoms with Crippen LogP contribution in [0.1, 0.15) is 28.5 Å². The highest BCUT2D eigenvalue weighted by Crippen LogP contribution is 2.11. The molecule has 2 rings (SSSR count). The van der Waals surface area contributed by atoms with E-state index >= 15 is 0 Å². The standard InChI is InChI=1S/C14H17FN4O/c1-3-13-10(8-19(2)18-13)7-17-14(20)9-4-11(15)6-12(16)5-9/h4-6,8H,3,7,16H2,1-2H3,(H,17,20). The molecule has 0 unspecified atom stereocenters. The number of nitrogens with zero attached hydrogens (tertiary/aromatic N) is 2. The molecule has 0 saturated carbocycles. The Bertz CT molecular complexity index is 616. The third-order valence-corrected chi connectivity index (χ3v) is 2.95. The third kappa shape index (κ3) is 3.14. The molecule has 0 spiro atoms. The van der Waals surface area contributed by atoms with E-state index in [0.717, 1.165) is 23.7 Å². The van der Waals surface area contributed by atoms with Crippen LogP contribution in [-0.2, 0) is 20.0 Å². The fourth-order valence-electron chi connectivity index (χ4n) is 2.05. The summed E-state index contributed by atoms with van der Waals surface area (Å²) in [6, 6.07) is 3.78. The lowest BCUT2D eigenvalue weighted by Crippen LogP contribution is -2.23. The van der Waals surface area contributed by atoms with Gasteiger partial charge >= 0.3 is 0 Å². The maximum absolute atomic E-state index is 13.2. The Balaban J connectivity index is 2.08. The molecule has 0 aliphatic rings. The van der Waals surface area contributed by atoms with Crippen molar-refractivity contribution in [1.82, 2.24) is 15.1 Å². The van der Waals surface area contributed by atoms with Gasteiger partial charge in [0.05, 0.1) is 5.69 Å². The number of halogens is 1. The minimum Gasteiger partial charge on any atom is -0.399 e. The minimum atomic E-state index is -0.522. The van der Waals surface area contributed by atoms with Gasteiger partial charge in [-0.05, 0) is 24.6 Å². The highest BCUT2D eigenvalue weighted by atomic mass is 19.1. The normalized spacial score (nSPS) is 10.6. The average Bonchev–Trinajstić information content (AvgIpc) is 2.75. The van der Waals surface area contributed by atoms with Crippen LogP contribution in [0.2, 0.25) is 0 Å². The molecule has 2 aromatic rings. The number of anilines is 1. The van der Waals surface area contributed by atoms with Crippen molar-refractivity contribution in [3.8, 4) is 0 Å². The van der Waals surface area contributed by atoms with Gasteiger partial charge in [0.15, 0.2) is 0 Å². The lowest BCUT2D eigenvalue weighted by Gasteiger charge is -2.06. The van der Waals surface area contributed by atoms with Crippen LogP contribution in [0.5, 0.6) is 0 Å². The van der Waals surface area contributed by atoms with Crippen molar-refractivity contribution in [1.29, 1.82) is 0 Å². The summed E-state index contributed by atoms with van der Waals surface area (Å²) in [7, 11) is 1.83. The van der Waals surface area contributed by atoms with E-state index in [9.17, 15) is 9.18 Å². The topological polar surface area (TPSA) is 72.9 Å². The molecule has 5 nitrogen and oxygen atoms in total. The molecule has 0 bridgehead atoms. The highest BCUT2D eigenvalue weighted by Gasteiger charge is 2.10. The molecule has 1 heterocycles. The summed E-state index contributed by atoms with van der Waals surface area (Å²) in [5.74, 6) is -0.882. The predicted molar refractivity (Wildman–Crippen MR) is 74.6 cm³/mol. The van der Waals surface area contributed by atoms with Crippen LogP contribution in [0.4, 0.5) is 10.1 Å². The second kappa shape index (κ2) is 5.73. The summed E-state index contributed by atoms with van der Waals surface area (Å²) >= 11 is 0. The number of hydrogen-bond donors (Lipinski definition) is 2. The number of nitrogen functional groups attached to an aromatic ring is 1. The van der Waals surface area contributed by atoms with Crippen LogP contribution >= 0.6 is 0 Å². The summed E-state index contributed by atoms with van der Waals surface area (Å²) in [5.41, 5.74) is 7.85. The maximum atomic E-state index is 13.2. The Morgan fingerprint density at radius 2 is 2.20 bits per heavy atom. The average molecular weight is 276 g/mol. The number of rotatable bonds is 4. The van der Waals surface area contributed by atoms with Gasteiger partial charge in [0, 0.05) is 36.6 Å². The van der Waals surface area contributed by atoms with Gasteiger partial charge < -0.3 is 11.1 Å². The number of aryl methyl sites for hydroxylation is 2. The molecule has 0 saturated heterocycles. The van der Waals surface area contributed by atoms with Gasteiger partial charge in [0.1, 0.15) is 5.82 Å². The van der Waals surface area contributed by atoms with Crippen LogP contribution in [-0.4, -0.2) is 15.7 Å². The number of amides is 1. The maximum Gasteiger partial charge on any atom is 0.251 e. The quantitative estimate of drug-likeness (QED) is 0.834. The summed E-state index contributed by atoms with van der Waals surface area (Å²) < 4.78 is 14.9. The van der Waals surface area contributed by atoms with Crippen LogP contribution < -0.4 is 11.1 Å². The third-order valence-electron chi connectivity index (χ3n) is 2.95. The molecule has 1 amide bonds. The Labute approximate surface area is 116 Å². The molecule has 6 heteroatoms. The van der Waals surface area contributed by atoms with Crippen molar-refractivity contribution in [2.45, 2.75) is 19.9 Å². The second-order valence-electron chi connectivity index (χ2n) is 4.58. The van der Waals surface area contributed by atoms with Crippen molar-refractivity contribution >= 4 is 11.6 Å². The van der Waals surface area contributed by atoms with Crippen LogP contribution in [0.3, 0.4) is 0 Å². The van der Waals surface area contributed by atoms with Crippen molar-refractivity contribution in [3.05, 3.63) is 47.0 Å². The van der Waals surface area contributed by atoms with E-state index in [1.54, 1.807) is 4.68 Å². The van der Waals surface area contributed by atoms with E-state index in [1.165, 1.54) is 12.1 Å². The number of aromatic nitrogens is 2. The van der Waals surface area contributed by atoms with Crippen LogP contribution in [0.15, 0.2) is 24.4 Å². The van der Waals surface area contributed by atoms with Gasteiger partial charge in [0.25, 0.3) is 5.91 Å². The van der Waals surface area contributed by atoms with E-state index in [-0.39, 0.29) is 17.2 Å². The summed E-state index contributed by atoms with van der Waals surface area (Å²) in [6.07, 6.45) is 2.65. The SMILES string of the molecule is CCc1nn(C)cc1CNC(=O)c1cc(N)cc(F)c1. The van der Waals surface area contributed by atoms with Crippen molar-refractivity contribution in [2.24, 2.45) is 7.05 Å². The van der Waals surface area contributed by atoms with E-state index < -0.39 is 5.82 Å². The van der Waals surface area contributed by atoms with E-state index in [4.69, 9.17) is 5.73 Å². The number of nitrogens with two attached hydrogens (primary N) is 1. The molecule has 0 radical (unpaired) electrons. The molecule has 0 aliphatic carbocycles. The van der Waals surface area contributed by atoms with Gasteiger partial charge in [-0.25, -0.2) is 4.39 Å². The number of carbonyl (C=O) groups excluding carboxylic acids is 1. The first-order chi connectivity index (χ1) is 9.49. The molecule has 20 heavy (non-hydrogen) atoms. The lowest BCUT2D eigenvalue weighted by atomic mass is 10.1. The molecule has 1 aromatic heterocycles. The predicted octanol–water partition coefficient (Wildman–Crippen LogP) is 1.63. The molecule has 0 fully saturated rings. The van der Waals surface area contributed by atoms with Gasteiger partial charge in [-0.15, -0.1) is 0 Å². The fourth-order valence-corrected chi connectivity index (χ4v) is 2.05. The van der Waals surface area contributed by atoms with Crippen molar-refractivity contribution < 1.29 is 9.18 Å². The largest absolute Gasteiger partial charge is 0.399 e. The Morgan fingerprint density at radius 1 is 1.45 bits per heavy atom. The monoisotopic (exact) mass is 276 g/mol. The molecule has 106 valence electrons. The Kier molecular flexibility index (Phi) is 4.02. The fraction of sp³-hybridized carbons (Fsp3) is 0.286. The van der Waals surface area contributed by atoms with Gasteiger partial charge in [-0.1, -0.05) is 6.92 Å². The number of carbonyl (C=O) groups is 1. The molecular weight excluding hydrogens is 259 g/mol. The molecule has 1 aromatic carbocycles. The molecular formula is C14H17FN4O. The number of hydrogen-bond acceptors (Lipinski definition) is 3. The smallest absolute Gasteiger partial charge is 0.251 e. The van der Waals surface area contributed by atoms with Crippen molar-refractivity contribution in [3.63, 3.8) is 0 Å². The van der Waals surface area contributed by atoms with Gasteiger partial charge in [0.2, 0.25) is 0 Å². The zero-order valence-corrected chi connectivity index (χ0v) is 11.5. The first kappa shape index (κ1) is 14.0. The zero-order valence-electron chi connectivity index (χ0n) is 11.5. The van der Waals surface area contributed by atoms with Crippen LogP contribution in [0.25, 0.3) is 0 Å². The van der Waals surface area contributed by atoms with Crippen LogP contribution in [0, 0.1) is 5.82 Å². The number of nitrogens with one attached hydrogen (secondary N) is 1. The highest BCUT2D eigenvalue weighted by molar-refractivity contribution is 5.95. The Hall–Kier alpha value is -2.37. The lowest BCUT2D eigenvalue weighted by molar-refractivity contribution is 0.0950. The first-order valence-corrected chi connectivity index (χ1v) is 6.35. The van der Waals surface area contributed by atoms with Gasteiger partial charge in [-0.2, -0.15) is 5.10 Å². The zero-order chi connectivity index (χ0) is 14.7. The van der Waals surface area contributed by atoms with E-state index in [1.807, 2.05) is 20.2 Å². The summed E-state index contributed by atoms with van der Waals surface area (Å²) in [4.78, 5) is 12.0. The van der Waals surface area contributed by atoms with Gasteiger partial charge in [-0.3, -0.25) is 9.48 Å². The molecule has 0 aliphatic heterocycles. The van der Waals surface area contributed by atoms with Crippen molar-refractivity contribution in [2.75, 3.05) is 5.73 Å². The minimum absolute atomic E-state index is 0.212. The number of benzene rings is 1. The second-order valence-corrected chi connectivity index (χ2v) is 4.58. The Morgan fingerprint density at radius 3 is 2.85 bits per heavy atom. The molecule has 0 atom stereocenters. The molecule has 3 N–H and O–H groups in total. The van der Waals surface area contributed by atoms with E-state index in [0.29, 0.717) is 6.54 Å². The summed E-state index contributed by atoms with van der Waals surface area (Å²) in [5, 5.41) is 7.04. The first-order valence-electron chi connectivity index (χ1n) is 6.35.